The Bertz CT molecular complexity index is 657. The largest absolute Gasteiger partial charge is 0.347 e. The molecule has 0 bridgehead atoms. The summed E-state index contributed by atoms with van der Waals surface area (Å²) in [5, 5.41) is 8.07. The first-order valence-corrected chi connectivity index (χ1v) is 7.19. The van der Waals surface area contributed by atoms with Gasteiger partial charge in [-0.3, -0.25) is 0 Å². The standard InChI is InChI=1S/C16H19N5/c1-2-15(16-17-9-10-18-16)19-12-13-8-11-21(20-13)14-6-4-3-5-7-14/h3-11,15,19H,2,12H2,1H3,(H,17,18). The fraction of sp³-hybridized carbons (Fsp3) is 0.250. The van der Waals surface area contributed by atoms with Gasteiger partial charge in [0.25, 0.3) is 0 Å². The molecule has 3 rings (SSSR count). The lowest BCUT2D eigenvalue weighted by Crippen LogP contribution is -2.21. The second kappa shape index (κ2) is 6.37. The fourth-order valence-corrected chi connectivity index (χ4v) is 2.31. The average molecular weight is 281 g/mol. The summed E-state index contributed by atoms with van der Waals surface area (Å²) < 4.78 is 1.89. The number of aromatic nitrogens is 4. The Balaban J connectivity index is 1.65. The molecule has 0 fully saturated rings. The van der Waals surface area contributed by atoms with E-state index in [9.17, 15) is 0 Å². The number of nitrogens with zero attached hydrogens (tertiary/aromatic N) is 3. The molecule has 0 aliphatic heterocycles. The third-order valence-corrected chi connectivity index (χ3v) is 3.45. The fourth-order valence-electron chi connectivity index (χ4n) is 2.31. The number of hydrogen-bond donors (Lipinski definition) is 2. The van der Waals surface area contributed by atoms with Crippen LogP contribution in [0.3, 0.4) is 0 Å². The summed E-state index contributed by atoms with van der Waals surface area (Å²) >= 11 is 0. The predicted octanol–water partition coefficient (Wildman–Crippen LogP) is 2.84. The highest BCUT2D eigenvalue weighted by Gasteiger charge is 2.11. The van der Waals surface area contributed by atoms with Gasteiger partial charge in [0.05, 0.1) is 17.4 Å². The van der Waals surface area contributed by atoms with Gasteiger partial charge in [0.15, 0.2) is 0 Å². The molecule has 5 nitrogen and oxygen atoms in total. The zero-order valence-corrected chi connectivity index (χ0v) is 12.0. The lowest BCUT2D eigenvalue weighted by atomic mass is 10.2. The van der Waals surface area contributed by atoms with E-state index in [-0.39, 0.29) is 6.04 Å². The Labute approximate surface area is 124 Å². The van der Waals surface area contributed by atoms with Gasteiger partial charge in [-0.2, -0.15) is 5.10 Å². The van der Waals surface area contributed by atoms with Crippen LogP contribution < -0.4 is 5.32 Å². The zero-order valence-electron chi connectivity index (χ0n) is 12.0. The van der Waals surface area contributed by atoms with Crippen molar-refractivity contribution >= 4 is 0 Å². The molecule has 0 radical (unpaired) electrons. The van der Waals surface area contributed by atoms with E-state index < -0.39 is 0 Å². The molecular weight excluding hydrogens is 262 g/mol. The molecule has 0 saturated carbocycles. The van der Waals surface area contributed by atoms with E-state index in [0.29, 0.717) is 0 Å². The second-order valence-corrected chi connectivity index (χ2v) is 4.90. The number of benzene rings is 1. The van der Waals surface area contributed by atoms with Gasteiger partial charge >= 0.3 is 0 Å². The van der Waals surface area contributed by atoms with Crippen LogP contribution >= 0.6 is 0 Å². The van der Waals surface area contributed by atoms with Crippen molar-refractivity contribution in [2.24, 2.45) is 0 Å². The van der Waals surface area contributed by atoms with Gasteiger partial charge < -0.3 is 10.3 Å². The summed E-state index contributed by atoms with van der Waals surface area (Å²) in [7, 11) is 0. The summed E-state index contributed by atoms with van der Waals surface area (Å²) in [4.78, 5) is 7.47. The van der Waals surface area contributed by atoms with Crippen LogP contribution in [0, 0.1) is 0 Å². The smallest absolute Gasteiger partial charge is 0.123 e. The summed E-state index contributed by atoms with van der Waals surface area (Å²) in [6.45, 7) is 2.86. The molecule has 1 aromatic carbocycles. The first-order chi connectivity index (χ1) is 10.4. The Kier molecular flexibility index (Phi) is 4.12. The van der Waals surface area contributed by atoms with E-state index in [1.54, 1.807) is 6.20 Å². The lowest BCUT2D eigenvalue weighted by molar-refractivity contribution is 0.492. The molecule has 1 atom stereocenters. The Morgan fingerprint density at radius 3 is 2.81 bits per heavy atom. The Hall–Kier alpha value is -2.40. The van der Waals surface area contributed by atoms with Crippen molar-refractivity contribution in [3.05, 3.63) is 66.5 Å². The van der Waals surface area contributed by atoms with Crippen molar-refractivity contribution < 1.29 is 0 Å². The maximum absolute atomic E-state index is 4.59. The normalized spacial score (nSPS) is 12.4. The van der Waals surface area contributed by atoms with Gasteiger partial charge in [-0.05, 0) is 24.6 Å². The van der Waals surface area contributed by atoms with Crippen molar-refractivity contribution in [1.82, 2.24) is 25.1 Å². The summed E-state index contributed by atoms with van der Waals surface area (Å²) in [6.07, 6.45) is 6.60. The topological polar surface area (TPSA) is 58.5 Å². The minimum absolute atomic E-state index is 0.224. The number of nitrogens with one attached hydrogen (secondary N) is 2. The molecule has 2 heterocycles. The number of H-pyrrole nitrogens is 1. The van der Waals surface area contributed by atoms with Crippen molar-refractivity contribution in [2.45, 2.75) is 25.9 Å². The molecule has 0 aliphatic rings. The lowest BCUT2D eigenvalue weighted by Gasteiger charge is -2.13. The minimum Gasteiger partial charge on any atom is -0.347 e. The van der Waals surface area contributed by atoms with Gasteiger partial charge in [0.2, 0.25) is 0 Å². The number of hydrogen-bond acceptors (Lipinski definition) is 3. The van der Waals surface area contributed by atoms with Crippen molar-refractivity contribution in [1.29, 1.82) is 0 Å². The molecule has 0 spiro atoms. The maximum atomic E-state index is 4.59. The van der Waals surface area contributed by atoms with E-state index in [2.05, 4.69) is 27.3 Å². The number of para-hydroxylation sites is 1. The molecule has 1 unspecified atom stereocenters. The van der Waals surface area contributed by atoms with Gasteiger partial charge in [-0.1, -0.05) is 25.1 Å². The van der Waals surface area contributed by atoms with Crippen LogP contribution in [0.4, 0.5) is 0 Å². The number of rotatable bonds is 6. The average Bonchev–Trinajstić information content (AvgIpc) is 3.20. The molecule has 0 aliphatic carbocycles. The molecule has 0 saturated heterocycles. The molecule has 0 amide bonds. The maximum Gasteiger partial charge on any atom is 0.123 e. The molecule has 5 heteroatoms. The third-order valence-electron chi connectivity index (χ3n) is 3.45. The third kappa shape index (κ3) is 3.20. The van der Waals surface area contributed by atoms with Crippen LogP contribution in [0.2, 0.25) is 0 Å². The minimum atomic E-state index is 0.224. The number of aromatic amines is 1. The van der Waals surface area contributed by atoms with Gasteiger partial charge in [0.1, 0.15) is 5.82 Å². The van der Waals surface area contributed by atoms with Crippen molar-refractivity contribution in [3.63, 3.8) is 0 Å². The van der Waals surface area contributed by atoms with Gasteiger partial charge in [0, 0.05) is 25.1 Å². The van der Waals surface area contributed by atoms with Crippen molar-refractivity contribution in [3.8, 4) is 5.69 Å². The Morgan fingerprint density at radius 1 is 1.24 bits per heavy atom. The molecule has 108 valence electrons. The van der Waals surface area contributed by atoms with Crippen LogP contribution in [-0.2, 0) is 6.54 Å². The molecule has 21 heavy (non-hydrogen) atoms. The molecule has 3 aromatic rings. The van der Waals surface area contributed by atoms with E-state index >= 15 is 0 Å². The van der Waals surface area contributed by atoms with Crippen LogP contribution in [0.25, 0.3) is 5.69 Å². The summed E-state index contributed by atoms with van der Waals surface area (Å²) in [5.74, 6) is 0.972. The first-order valence-electron chi connectivity index (χ1n) is 7.19. The van der Waals surface area contributed by atoms with Crippen LogP contribution in [0.1, 0.15) is 30.9 Å². The highest BCUT2D eigenvalue weighted by molar-refractivity contribution is 5.30. The van der Waals surface area contributed by atoms with Crippen molar-refractivity contribution in [2.75, 3.05) is 0 Å². The van der Waals surface area contributed by atoms with Gasteiger partial charge in [-0.15, -0.1) is 0 Å². The molecule has 2 aromatic heterocycles. The van der Waals surface area contributed by atoms with Crippen LogP contribution in [0.15, 0.2) is 55.0 Å². The van der Waals surface area contributed by atoms with E-state index in [1.165, 1.54) is 0 Å². The quantitative estimate of drug-likeness (QED) is 0.730. The second-order valence-electron chi connectivity index (χ2n) is 4.90. The SMILES string of the molecule is CCC(NCc1ccn(-c2ccccc2)n1)c1ncc[nH]1. The van der Waals surface area contributed by atoms with Crippen LogP contribution in [0.5, 0.6) is 0 Å². The summed E-state index contributed by atoms with van der Waals surface area (Å²) in [6, 6.07) is 12.4. The van der Waals surface area contributed by atoms with E-state index in [4.69, 9.17) is 0 Å². The predicted molar refractivity (Wildman–Crippen MR) is 82.0 cm³/mol. The van der Waals surface area contributed by atoms with E-state index in [1.807, 2.05) is 53.5 Å². The van der Waals surface area contributed by atoms with Gasteiger partial charge in [-0.25, -0.2) is 9.67 Å². The first kappa shape index (κ1) is 13.6. The summed E-state index contributed by atoms with van der Waals surface area (Å²) in [5.41, 5.74) is 2.09. The van der Waals surface area contributed by atoms with E-state index in [0.717, 1.165) is 30.2 Å². The Morgan fingerprint density at radius 2 is 2.10 bits per heavy atom. The van der Waals surface area contributed by atoms with Crippen LogP contribution in [-0.4, -0.2) is 19.7 Å². The zero-order chi connectivity index (χ0) is 14.5. The highest BCUT2D eigenvalue weighted by atomic mass is 15.3. The molecular formula is C16H19N5. The monoisotopic (exact) mass is 281 g/mol. The molecule has 2 N–H and O–H groups in total. The number of imidazole rings is 1. The highest BCUT2D eigenvalue weighted by Crippen LogP contribution is 2.13.